The lowest BCUT2D eigenvalue weighted by Crippen LogP contribution is -2.30. The van der Waals surface area contributed by atoms with Crippen LogP contribution in [0.4, 0.5) is 11.4 Å². The van der Waals surface area contributed by atoms with Gasteiger partial charge in [-0.15, -0.1) is 0 Å². The number of fused-ring (bicyclic) bond motifs is 1. The molecule has 0 unspecified atom stereocenters. The average molecular weight is 348 g/mol. The highest BCUT2D eigenvalue weighted by atomic mass is 16.5. The topological polar surface area (TPSA) is 27.8 Å². The molecule has 0 bridgehead atoms. The third-order valence-corrected chi connectivity index (χ3v) is 4.87. The maximum absolute atomic E-state index is 5.24. The van der Waals surface area contributed by atoms with E-state index in [-0.39, 0.29) is 5.41 Å². The molecule has 0 saturated heterocycles. The molecule has 2 aromatic rings. The van der Waals surface area contributed by atoms with E-state index >= 15 is 0 Å². The van der Waals surface area contributed by atoms with Gasteiger partial charge in [0.2, 0.25) is 11.4 Å². The number of ether oxygens (including phenoxy) is 1. The van der Waals surface area contributed by atoms with Crippen molar-refractivity contribution in [2.45, 2.75) is 26.2 Å². The fraction of sp³-hybridized carbons (Fsp3) is 0.273. The Hall–Kier alpha value is -2.88. The molecule has 2 aromatic carbocycles. The number of hydrogen-bond donors (Lipinski definition) is 0. The highest BCUT2D eigenvalue weighted by molar-refractivity contribution is 6.33. The molecule has 3 rings (SSSR count). The molecule has 134 valence electrons. The van der Waals surface area contributed by atoms with Gasteiger partial charge in [0.1, 0.15) is 19.0 Å². The molecule has 0 atom stereocenters. The molecule has 4 heteroatoms. The van der Waals surface area contributed by atoms with Gasteiger partial charge >= 0.3 is 0 Å². The van der Waals surface area contributed by atoms with Crippen molar-refractivity contribution in [2.75, 3.05) is 19.2 Å². The van der Waals surface area contributed by atoms with Crippen molar-refractivity contribution in [3.05, 3.63) is 66.4 Å². The van der Waals surface area contributed by atoms with E-state index in [9.17, 15) is 0 Å². The van der Waals surface area contributed by atoms with Crippen LogP contribution in [0.15, 0.2) is 65.9 Å². The predicted molar refractivity (Wildman–Crippen MR) is 109 cm³/mol. The summed E-state index contributed by atoms with van der Waals surface area (Å²) in [5.74, 6) is 0.833. The SMILES string of the molecule is CC=CN(N=CC1=[N+](C)c2ccccc2C1(C)C)c1ccc(OC)cc1. The first-order valence-corrected chi connectivity index (χ1v) is 8.79. The van der Waals surface area contributed by atoms with Gasteiger partial charge in [0.15, 0.2) is 0 Å². The molecule has 0 radical (unpaired) electrons. The van der Waals surface area contributed by atoms with Crippen LogP contribution in [-0.2, 0) is 5.41 Å². The van der Waals surface area contributed by atoms with E-state index in [0.717, 1.165) is 11.4 Å². The summed E-state index contributed by atoms with van der Waals surface area (Å²) < 4.78 is 7.46. The molecule has 0 fully saturated rings. The minimum Gasteiger partial charge on any atom is -0.497 e. The van der Waals surface area contributed by atoms with Gasteiger partial charge in [-0.1, -0.05) is 24.3 Å². The molecule has 0 amide bonds. The zero-order valence-corrected chi connectivity index (χ0v) is 16.1. The third kappa shape index (κ3) is 3.15. The van der Waals surface area contributed by atoms with Crippen LogP contribution >= 0.6 is 0 Å². The molecular formula is C22H26N3O+. The number of hydrazone groups is 1. The van der Waals surface area contributed by atoms with Crippen molar-refractivity contribution in [2.24, 2.45) is 5.10 Å². The van der Waals surface area contributed by atoms with E-state index in [1.54, 1.807) is 7.11 Å². The number of benzene rings is 2. The first-order chi connectivity index (χ1) is 12.5. The maximum Gasteiger partial charge on any atom is 0.212 e. The highest BCUT2D eigenvalue weighted by Gasteiger charge is 2.43. The third-order valence-electron chi connectivity index (χ3n) is 4.87. The summed E-state index contributed by atoms with van der Waals surface area (Å²) in [6, 6.07) is 16.4. The zero-order chi connectivity index (χ0) is 18.7. The van der Waals surface area contributed by atoms with Gasteiger partial charge < -0.3 is 4.74 Å². The first kappa shape index (κ1) is 17.9. The van der Waals surface area contributed by atoms with Gasteiger partial charge in [-0.3, -0.25) is 0 Å². The van der Waals surface area contributed by atoms with Crippen LogP contribution in [0.25, 0.3) is 0 Å². The number of para-hydroxylation sites is 1. The van der Waals surface area contributed by atoms with Crippen LogP contribution in [0.3, 0.4) is 0 Å². The van der Waals surface area contributed by atoms with Crippen molar-refractivity contribution in [3.63, 3.8) is 0 Å². The second-order valence-corrected chi connectivity index (χ2v) is 6.86. The lowest BCUT2D eigenvalue weighted by atomic mass is 9.82. The quantitative estimate of drug-likeness (QED) is 0.444. The van der Waals surface area contributed by atoms with Crippen molar-refractivity contribution >= 4 is 23.3 Å². The fourth-order valence-corrected chi connectivity index (χ4v) is 3.41. The standard InChI is InChI=1S/C22H26N3O/c1-6-15-25(17-11-13-18(26-5)14-12-17)23-16-21-22(2,3)19-9-7-8-10-20(19)24(21)4/h6-16H,1-5H3/q+1. The van der Waals surface area contributed by atoms with E-state index in [4.69, 9.17) is 9.84 Å². The Morgan fingerprint density at radius 3 is 2.38 bits per heavy atom. The van der Waals surface area contributed by atoms with Gasteiger partial charge in [-0.25, -0.2) is 5.01 Å². The van der Waals surface area contributed by atoms with Gasteiger partial charge in [-0.2, -0.15) is 9.68 Å². The Kier molecular flexibility index (Phi) is 4.94. The minimum absolute atomic E-state index is 0.0870. The number of methoxy groups -OCH3 is 1. The number of hydrogen-bond acceptors (Lipinski definition) is 3. The van der Waals surface area contributed by atoms with Gasteiger partial charge in [0.25, 0.3) is 0 Å². The van der Waals surface area contributed by atoms with E-state index in [1.807, 2.05) is 54.7 Å². The van der Waals surface area contributed by atoms with Crippen molar-refractivity contribution in [3.8, 4) is 5.75 Å². The lowest BCUT2D eigenvalue weighted by molar-refractivity contribution is -0.400. The molecule has 0 N–H and O–H groups in total. The first-order valence-electron chi connectivity index (χ1n) is 8.79. The summed E-state index contributed by atoms with van der Waals surface area (Å²) in [4.78, 5) is 0. The predicted octanol–water partition coefficient (Wildman–Crippen LogP) is 4.73. The Morgan fingerprint density at radius 2 is 1.77 bits per heavy atom. The molecule has 0 saturated carbocycles. The number of allylic oxidation sites excluding steroid dienone is 1. The fourth-order valence-electron chi connectivity index (χ4n) is 3.41. The molecule has 1 aliphatic rings. The zero-order valence-electron chi connectivity index (χ0n) is 16.1. The van der Waals surface area contributed by atoms with Crippen LogP contribution in [0.5, 0.6) is 5.75 Å². The summed E-state index contributed by atoms with van der Waals surface area (Å²) in [6.07, 6.45) is 5.89. The number of nitrogens with zero attached hydrogens (tertiary/aromatic N) is 3. The van der Waals surface area contributed by atoms with E-state index < -0.39 is 0 Å². The summed E-state index contributed by atoms with van der Waals surface area (Å²) in [6.45, 7) is 6.47. The summed E-state index contributed by atoms with van der Waals surface area (Å²) >= 11 is 0. The van der Waals surface area contributed by atoms with Gasteiger partial charge in [0, 0.05) is 17.8 Å². The summed E-state index contributed by atoms with van der Waals surface area (Å²) in [7, 11) is 3.77. The summed E-state index contributed by atoms with van der Waals surface area (Å²) in [5, 5.41) is 6.63. The molecule has 0 aromatic heterocycles. The van der Waals surface area contributed by atoms with Gasteiger partial charge in [0.05, 0.1) is 18.2 Å². The van der Waals surface area contributed by atoms with Crippen molar-refractivity contribution in [1.82, 2.24) is 0 Å². The second kappa shape index (κ2) is 7.16. The molecule has 26 heavy (non-hydrogen) atoms. The van der Waals surface area contributed by atoms with Crippen LogP contribution in [0, 0.1) is 0 Å². The largest absolute Gasteiger partial charge is 0.497 e. The van der Waals surface area contributed by atoms with Gasteiger partial charge in [-0.05, 0) is 45.0 Å². The Labute approximate surface area is 155 Å². The molecule has 0 aliphatic carbocycles. The number of rotatable bonds is 5. The maximum atomic E-state index is 5.24. The van der Waals surface area contributed by atoms with E-state index in [0.29, 0.717) is 0 Å². The number of anilines is 1. The minimum atomic E-state index is -0.0870. The average Bonchev–Trinajstić information content (AvgIpc) is 2.85. The van der Waals surface area contributed by atoms with Crippen molar-refractivity contribution < 1.29 is 9.31 Å². The van der Waals surface area contributed by atoms with Crippen LogP contribution < -0.4 is 9.75 Å². The van der Waals surface area contributed by atoms with Crippen LogP contribution in [0.2, 0.25) is 0 Å². The molecule has 0 spiro atoms. The molecule has 4 nitrogen and oxygen atoms in total. The lowest BCUT2D eigenvalue weighted by Gasteiger charge is -2.17. The van der Waals surface area contributed by atoms with Crippen LogP contribution in [-0.4, -0.2) is 30.7 Å². The monoisotopic (exact) mass is 348 g/mol. The molecule has 1 aliphatic heterocycles. The van der Waals surface area contributed by atoms with E-state index in [1.165, 1.54) is 17.0 Å². The normalized spacial score (nSPS) is 15.7. The Morgan fingerprint density at radius 1 is 1.08 bits per heavy atom. The highest BCUT2D eigenvalue weighted by Crippen LogP contribution is 2.38. The Bertz CT molecular complexity index is 877. The molecule has 1 heterocycles. The second-order valence-electron chi connectivity index (χ2n) is 6.86. The Balaban J connectivity index is 1.94. The van der Waals surface area contributed by atoms with Crippen LogP contribution in [0.1, 0.15) is 26.3 Å². The molecular weight excluding hydrogens is 322 g/mol. The van der Waals surface area contributed by atoms with Crippen molar-refractivity contribution in [1.29, 1.82) is 0 Å². The smallest absolute Gasteiger partial charge is 0.212 e. The van der Waals surface area contributed by atoms with E-state index in [2.05, 4.69) is 49.7 Å². The summed E-state index contributed by atoms with van der Waals surface area (Å²) in [5.41, 5.74) is 4.63.